The maximum Gasteiger partial charge on any atom is 0.428 e. The van der Waals surface area contributed by atoms with Gasteiger partial charge >= 0.3 is 12.1 Å². The Labute approximate surface area is 137 Å². The molecule has 0 saturated heterocycles. The molecule has 0 aliphatic rings. The second-order valence-corrected chi connectivity index (χ2v) is 5.81. The largest absolute Gasteiger partial charge is 0.465 e. The van der Waals surface area contributed by atoms with Gasteiger partial charge in [-0.05, 0) is 26.8 Å². The van der Waals surface area contributed by atoms with E-state index < -0.39 is 17.7 Å². The molecule has 0 radical (unpaired) electrons. The van der Waals surface area contributed by atoms with Crippen LogP contribution in [0.2, 0.25) is 10.3 Å². The van der Waals surface area contributed by atoms with Crippen molar-refractivity contribution in [3.63, 3.8) is 0 Å². The SMILES string of the molecule is COC(=O)c1c(/C=N/NC(=O)OC(C)(C)C)cc(Cl)nc1Cl. The zero-order valence-electron chi connectivity index (χ0n) is 12.4. The van der Waals surface area contributed by atoms with E-state index in [1.165, 1.54) is 19.4 Å². The molecule has 0 aliphatic carbocycles. The smallest absolute Gasteiger partial charge is 0.428 e. The van der Waals surface area contributed by atoms with Gasteiger partial charge < -0.3 is 9.47 Å². The van der Waals surface area contributed by atoms with E-state index in [2.05, 4.69) is 20.2 Å². The van der Waals surface area contributed by atoms with E-state index >= 15 is 0 Å². The molecule has 1 heterocycles. The molecule has 0 fully saturated rings. The molecule has 0 unspecified atom stereocenters. The number of hydrogen-bond acceptors (Lipinski definition) is 6. The van der Waals surface area contributed by atoms with Gasteiger partial charge in [0.15, 0.2) is 0 Å². The van der Waals surface area contributed by atoms with Gasteiger partial charge in [-0.25, -0.2) is 20.0 Å². The predicted molar refractivity (Wildman–Crippen MR) is 82.6 cm³/mol. The maximum atomic E-state index is 11.7. The van der Waals surface area contributed by atoms with E-state index in [4.69, 9.17) is 27.9 Å². The molecule has 0 saturated carbocycles. The van der Waals surface area contributed by atoms with Gasteiger partial charge in [0.05, 0.1) is 13.3 Å². The summed E-state index contributed by atoms with van der Waals surface area (Å²) >= 11 is 11.6. The van der Waals surface area contributed by atoms with Crippen molar-refractivity contribution >= 4 is 41.5 Å². The van der Waals surface area contributed by atoms with Crippen molar-refractivity contribution in [2.45, 2.75) is 26.4 Å². The van der Waals surface area contributed by atoms with Gasteiger partial charge in [0, 0.05) is 5.56 Å². The van der Waals surface area contributed by atoms with E-state index in [-0.39, 0.29) is 21.4 Å². The molecule has 0 aromatic carbocycles. The zero-order chi connectivity index (χ0) is 16.9. The van der Waals surface area contributed by atoms with Crippen LogP contribution in [0.5, 0.6) is 0 Å². The van der Waals surface area contributed by atoms with Crippen molar-refractivity contribution in [1.82, 2.24) is 10.4 Å². The van der Waals surface area contributed by atoms with Gasteiger partial charge in [0.25, 0.3) is 0 Å². The molecule has 1 amide bonds. The lowest BCUT2D eigenvalue weighted by Gasteiger charge is -2.18. The summed E-state index contributed by atoms with van der Waals surface area (Å²) in [5, 5.41) is 3.62. The summed E-state index contributed by atoms with van der Waals surface area (Å²) in [6.07, 6.45) is 0.449. The summed E-state index contributed by atoms with van der Waals surface area (Å²) in [5.74, 6) is -0.701. The molecule has 0 spiro atoms. The maximum absolute atomic E-state index is 11.7. The van der Waals surface area contributed by atoms with Gasteiger partial charge in [-0.3, -0.25) is 0 Å². The highest BCUT2D eigenvalue weighted by Gasteiger charge is 2.18. The lowest BCUT2D eigenvalue weighted by molar-refractivity contribution is 0.0528. The van der Waals surface area contributed by atoms with Crippen LogP contribution in [0.25, 0.3) is 0 Å². The Hall–Kier alpha value is -1.86. The second kappa shape index (κ2) is 7.42. The first-order valence-corrected chi connectivity index (χ1v) is 6.86. The van der Waals surface area contributed by atoms with Crippen LogP contribution < -0.4 is 5.43 Å². The molecule has 1 aromatic heterocycles. The number of nitrogens with one attached hydrogen (secondary N) is 1. The first kappa shape index (κ1) is 18.2. The summed E-state index contributed by atoms with van der Waals surface area (Å²) in [6, 6.07) is 1.36. The number of nitrogens with zero attached hydrogens (tertiary/aromatic N) is 2. The van der Waals surface area contributed by atoms with Crippen molar-refractivity contribution in [2.75, 3.05) is 7.11 Å². The molecule has 0 atom stereocenters. The van der Waals surface area contributed by atoms with E-state index in [0.29, 0.717) is 0 Å². The predicted octanol–water partition coefficient (Wildman–Crippen LogP) is 3.03. The van der Waals surface area contributed by atoms with Gasteiger partial charge in [-0.15, -0.1) is 0 Å². The Morgan fingerprint density at radius 2 is 2.00 bits per heavy atom. The summed E-state index contributed by atoms with van der Waals surface area (Å²) in [4.78, 5) is 26.9. The summed E-state index contributed by atoms with van der Waals surface area (Å²) < 4.78 is 9.61. The molecule has 1 aromatic rings. The standard InChI is InChI=1S/C13H15Cl2N3O4/c1-13(2,3)22-12(20)18-16-6-7-5-8(14)17-10(15)9(7)11(19)21-4/h5-6H,1-4H3,(H,18,20)/b16-6+. The Kier molecular flexibility index (Phi) is 6.13. The minimum absolute atomic E-state index is 0.0108. The van der Waals surface area contributed by atoms with Gasteiger partial charge in [0.2, 0.25) is 0 Å². The van der Waals surface area contributed by atoms with E-state index in [0.717, 1.165) is 0 Å². The quantitative estimate of drug-likeness (QED) is 0.392. The Morgan fingerprint density at radius 1 is 1.36 bits per heavy atom. The van der Waals surface area contributed by atoms with Gasteiger partial charge in [-0.2, -0.15) is 5.10 Å². The van der Waals surface area contributed by atoms with Crippen LogP contribution in [-0.2, 0) is 9.47 Å². The minimum atomic E-state index is -0.741. The minimum Gasteiger partial charge on any atom is -0.465 e. The number of carbonyl (C=O) groups is 2. The lowest BCUT2D eigenvalue weighted by atomic mass is 10.1. The number of aromatic nitrogens is 1. The van der Waals surface area contributed by atoms with Crippen LogP contribution in [0.1, 0.15) is 36.7 Å². The van der Waals surface area contributed by atoms with Crippen LogP contribution in [0.3, 0.4) is 0 Å². The summed E-state index contributed by atoms with van der Waals surface area (Å²) in [7, 11) is 1.20. The van der Waals surface area contributed by atoms with Crippen molar-refractivity contribution in [3.8, 4) is 0 Å². The number of methoxy groups -OCH3 is 1. The summed E-state index contributed by atoms with van der Waals surface area (Å²) in [5.41, 5.74) is 1.74. The van der Waals surface area contributed by atoms with Crippen molar-refractivity contribution in [3.05, 3.63) is 27.5 Å². The number of hydrogen-bond donors (Lipinski definition) is 1. The van der Waals surface area contributed by atoms with Crippen molar-refractivity contribution in [1.29, 1.82) is 0 Å². The fourth-order valence-corrected chi connectivity index (χ4v) is 1.89. The Morgan fingerprint density at radius 3 is 2.55 bits per heavy atom. The molecular formula is C13H15Cl2N3O4. The monoisotopic (exact) mass is 347 g/mol. The number of carbonyl (C=O) groups excluding carboxylic acids is 2. The highest BCUT2D eigenvalue weighted by molar-refractivity contribution is 6.35. The highest BCUT2D eigenvalue weighted by atomic mass is 35.5. The van der Waals surface area contributed by atoms with Crippen LogP contribution in [0.15, 0.2) is 11.2 Å². The van der Waals surface area contributed by atoms with Crippen LogP contribution in [0.4, 0.5) is 4.79 Å². The molecule has 1 rings (SSSR count). The third kappa shape index (κ3) is 5.50. The molecule has 9 heteroatoms. The molecule has 0 aliphatic heterocycles. The average molecular weight is 348 g/mol. The van der Waals surface area contributed by atoms with E-state index in [9.17, 15) is 9.59 Å². The third-order valence-electron chi connectivity index (χ3n) is 2.12. The fourth-order valence-electron chi connectivity index (χ4n) is 1.36. The number of amides is 1. The fraction of sp³-hybridized carbons (Fsp3) is 0.385. The van der Waals surface area contributed by atoms with E-state index in [1.807, 2.05) is 0 Å². The molecule has 1 N–H and O–H groups in total. The first-order valence-electron chi connectivity index (χ1n) is 6.10. The summed E-state index contributed by atoms with van der Waals surface area (Å²) in [6.45, 7) is 5.15. The van der Waals surface area contributed by atoms with Gasteiger partial charge in [0.1, 0.15) is 21.5 Å². The first-order chi connectivity index (χ1) is 10.1. The van der Waals surface area contributed by atoms with Gasteiger partial charge in [-0.1, -0.05) is 23.2 Å². The van der Waals surface area contributed by atoms with E-state index in [1.54, 1.807) is 20.8 Å². The molecule has 120 valence electrons. The number of rotatable bonds is 3. The normalized spacial score (nSPS) is 11.4. The Balaban J connectivity index is 2.95. The Bertz CT molecular complexity index is 612. The molecule has 0 bridgehead atoms. The number of pyridine rings is 1. The number of halogens is 2. The number of esters is 1. The lowest BCUT2D eigenvalue weighted by Crippen LogP contribution is -2.29. The van der Waals surface area contributed by atoms with Crippen LogP contribution in [0, 0.1) is 0 Å². The number of ether oxygens (including phenoxy) is 2. The second-order valence-electron chi connectivity index (χ2n) is 5.06. The molecular weight excluding hydrogens is 333 g/mol. The van der Waals surface area contributed by atoms with Crippen molar-refractivity contribution < 1.29 is 19.1 Å². The van der Waals surface area contributed by atoms with Crippen molar-refractivity contribution in [2.24, 2.45) is 5.10 Å². The molecule has 22 heavy (non-hydrogen) atoms. The van der Waals surface area contributed by atoms with Crippen LogP contribution >= 0.6 is 23.2 Å². The molecule has 7 nitrogen and oxygen atoms in total. The third-order valence-corrected chi connectivity index (χ3v) is 2.59. The zero-order valence-corrected chi connectivity index (χ0v) is 13.9. The number of hydrazone groups is 1. The average Bonchev–Trinajstić information content (AvgIpc) is 2.35. The van der Waals surface area contributed by atoms with Crippen LogP contribution in [-0.4, -0.2) is 36.0 Å². The topological polar surface area (TPSA) is 89.9 Å². The highest BCUT2D eigenvalue weighted by Crippen LogP contribution is 2.21.